The monoisotopic (exact) mass is 428 g/mol. The van der Waals surface area contributed by atoms with E-state index in [1.807, 2.05) is 67.6 Å². The van der Waals surface area contributed by atoms with Crippen molar-refractivity contribution in [1.29, 1.82) is 0 Å². The van der Waals surface area contributed by atoms with Crippen LogP contribution in [0.4, 0.5) is 4.79 Å². The Hall–Kier alpha value is -4.06. The Morgan fingerprint density at radius 1 is 0.906 bits per heavy atom. The Kier molecular flexibility index (Phi) is 6.22. The van der Waals surface area contributed by atoms with Crippen molar-refractivity contribution in [2.24, 2.45) is 0 Å². The molecule has 1 aliphatic heterocycles. The summed E-state index contributed by atoms with van der Waals surface area (Å²) in [4.78, 5) is 26.4. The van der Waals surface area contributed by atoms with E-state index < -0.39 is 6.03 Å². The second-order valence-electron chi connectivity index (χ2n) is 7.55. The van der Waals surface area contributed by atoms with Crippen molar-refractivity contribution in [3.8, 4) is 11.5 Å². The van der Waals surface area contributed by atoms with Gasteiger partial charge in [-0.3, -0.25) is 9.69 Å². The maximum absolute atomic E-state index is 12.8. The number of hydrogen-bond acceptors (Lipinski definition) is 4. The van der Waals surface area contributed by atoms with Gasteiger partial charge < -0.3 is 14.8 Å². The van der Waals surface area contributed by atoms with E-state index in [1.54, 1.807) is 25.3 Å². The number of ether oxygens (including phenoxy) is 2. The van der Waals surface area contributed by atoms with Crippen LogP contribution < -0.4 is 14.8 Å². The van der Waals surface area contributed by atoms with E-state index in [9.17, 15) is 9.59 Å². The third-order valence-electron chi connectivity index (χ3n) is 5.16. The molecule has 0 bridgehead atoms. The zero-order valence-corrected chi connectivity index (χ0v) is 18.0. The van der Waals surface area contributed by atoms with Crippen molar-refractivity contribution >= 4 is 18.0 Å². The molecule has 32 heavy (non-hydrogen) atoms. The number of urea groups is 1. The highest BCUT2D eigenvalue weighted by molar-refractivity contribution is 6.13. The van der Waals surface area contributed by atoms with E-state index in [1.165, 1.54) is 4.90 Å². The predicted molar refractivity (Wildman–Crippen MR) is 122 cm³/mol. The first-order valence-electron chi connectivity index (χ1n) is 10.3. The van der Waals surface area contributed by atoms with Crippen LogP contribution in [0.2, 0.25) is 0 Å². The fourth-order valence-electron chi connectivity index (χ4n) is 3.39. The third kappa shape index (κ3) is 4.81. The van der Waals surface area contributed by atoms with Gasteiger partial charge in [0.1, 0.15) is 12.3 Å². The molecule has 1 heterocycles. The summed E-state index contributed by atoms with van der Waals surface area (Å²) in [5, 5.41) is 2.66. The molecule has 0 aliphatic carbocycles. The Balaban J connectivity index is 1.48. The molecule has 162 valence electrons. The topological polar surface area (TPSA) is 67.9 Å². The summed E-state index contributed by atoms with van der Waals surface area (Å²) in [7, 11) is 1.56. The van der Waals surface area contributed by atoms with Gasteiger partial charge in [0.2, 0.25) is 0 Å². The molecule has 1 saturated heterocycles. The van der Waals surface area contributed by atoms with E-state index in [4.69, 9.17) is 9.47 Å². The minimum absolute atomic E-state index is 0.220. The second-order valence-corrected chi connectivity index (χ2v) is 7.55. The van der Waals surface area contributed by atoms with Crippen molar-refractivity contribution in [2.75, 3.05) is 7.11 Å². The molecule has 4 rings (SSSR count). The summed E-state index contributed by atoms with van der Waals surface area (Å²) in [6.07, 6.45) is 1.64. The van der Waals surface area contributed by atoms with Gasteiger partial charge in [0.25, 0.3) is 5.91 Å². The molecule has 1 fully saturated rings. The third-order valence-corrected chi connectivity index (χ3v) is 5.16. The SMILES string of the molecule is COc1cc(/C=C2/NC(=O)N(Cc3ccc(C)cc3)C2=O)ccc1OCc1ccccc1. The lowest BCUT2D eigenvalue weighted by Crippen LogP contribution is -2.30. The standard InChI is InChI=1S/C26H24N2O4/c1-18-8-10-19(11-9-18)16-28-25(29)22(27-26(28)30)14-21-12-13-23(24(15-21)31-2)32-17-20-6-4-3-5-7-20/h3-15H,16-17H2,1-2H3,(H,27,30)/b22-14+. The lowest BCUT2D eigenvalue weighted by molar-refractivity contribution is -0.123. The Morgan fingerprint density at radius 2 is 1.66 bits per heavy atom. The van der Waals surface area contributed by atoms with Crippen LogP contribution in [0.15, 0.2) is 78.5 Å². The van der Waals surface area contributed by atoms with Crippen LogP contribution >= 0.6 is 0 Å². The van der Waals surface area contributed by atoms with E-state index in [-0.39, 0.29) is 18.1 Å². The normalized spacial score (nSPS) is 14.6. The zero-order valence-electron chi connectivity index (χ0n) is 18.0. The maximum Gasteiger partial charge on any atom is 0.329 e. The molecule has 0 aromatic heterocycles. The summed E-state index contributed by atoms with van der Waals surface area (Å²) >= 11 is 0. The summed E-state index contributed by atoms with van der Waals surface area (Å²) in [5.74, 6) is 0.781. The molecule has 6 nitrogen and oxygen atoms in total. The van der Waals surface area contributed by atoms with E-state index in [0.717, 1.165) is 22.3 Å². The first kappa shape index (κ1) is 21.2. The molecule has 1 N–H and O–H groups in total. The van der Waals surface area contributed by atoms with Crippen LogP contribution in [-0.4, -0.2) is 23.9 Å². The van der Waals surface area contributed by atoms with Crippen molar-refractivity contribution in [3.63, 3.8) is 0 Å². The molecular weight excluding hydrogens is 404 g/mol. The average molecular weight is 428 g/mol. The van der Waals surface area contributed by atoms with Crippen molar-refractivity contribution in [3.05, 3.63) is 101 Å². The molecule has 3 amide bonds. The van der Waals surface area contributed by atoms with Crippen LogP contribution in [-0.2, 0) is 17.9 Å². The number of aryl methyl sites for hydroxylation is 1. The van der Waals surface area contributed by atoms with Crippen LogP contribution in [0.5, 0.6) is 11.5 Å². The van der Waals surface area contributed by atoms with E-state index >= 15 is 0 Å². The molecule has 3 aromatic carbocycles. The molecule has 0 unspecified atom stereocenters. The molecule has 0 atom stereocenters. The van der Waals surface area contributed by atoms with Crippen molar-refractivity contribution in [2.45, 2.75) is 20.1 Å². The van der Waals surface area contributed by atoms with Gasteiger partial charge in [0.15, 0.2) is 11.5 Å². The van der Waals surface area contributed by atoms with Gasteiger partial charge in [0.05, 0.1) is 13.7 Å². The lowest BCUT2D eigenvalue weighted by Gasteiger charge is -2.12. The van der Waals surface area contributed by atoms with Gasteiger partial charge >= 0.3 is 6.03 Å². The number of carbonyl (C=O) groups excluding carboxylic acids is 2. The molecule has 0 radical (unpaired) electrons. The van der Waals surface area contributed by atoms with Crippen LogP contribution in [0, 0.1) is 6.92 Å². The van der Waals surface area contributed by atoms with Crippen LogP contribution in [0.3, 0.4) is 0 Å². The predicted octanol–water partition coefficient (Wildman–Crippen LogP) is 4.68. The molecule has 0 spiro atoms. The quantitative estimate of drug-likeness (QED) is 0.438. The molecule has 0 saturated carbocycles. The number of rotatable bonds is 7. The highest BCUT2D eigenvalue weighted by Gasteiger charge is 2.33. The van der Waals surface area contributed by atoms with Gasteiger partial charge in [-0.25, -0.2) is 4.79 Å². The van der Waals surface area contributed by atoms with Crippen LogP contribution in [0.1, 0.15) is 22.3 Å². The Labute approximate surface area is 187 Å². The minimum atomic E-state index is -0.434. The highest BCUT2D eigenvalue weighted by atomic mass is 16.5. The van der Waals surface area contributed by atoms with Crippen molar-refractivity contribution < 1.29 is 19.1 Å². The number of nitrogens with zero attached hydrogens (tertiary/aromatic N) is 1. The fourth-order valence-corrected chi connectivity index (χ4v) is 3.39. The largest absolute Gasteiger partial charge is 0.493 e. The highest BCUT2D eigenvalue weighted by Crippen LogP contribution is 2.30. The number of amides is 3. The first-order valence-corrected chi connectivity index (χ1v) is 10.3. The summed E-state index contributed by atoms with van der Waals surface area (Å²) in [6.45, 7) is 2.63. The maximum atomic E-state index is 12.8. The van der Waals surface area contributed by atoms with Crippen LogP contribution in [0.25, 0.3) is 6.08 Å². The molecule has 6 heteroatoms. The summed E-state index contributed by atoms with van der Waals surface area (Å²) in [6, 6.07) is 22.5. The fraction of sp³-hybridized carbons (Fsp3) is 0.154. The number of carbonyl (C=O) groups is 2. The zero-order chi connectivity index (χ0) is 22.5. The first-order chi connectivity index (χ1) is 15.5. The number of methoxy groups -OCH3 is 1. The van der Waals surface area contributed by atoms with Gasteiger partial charge in [-0.05, 0) is 41.8 Å². The van der Waals surface area contributed by atoms with Gasteiger partial charge in [-0.15, -0.1) is 0 Å². The minimum Gasteiger partial charge on any atom is -0.493 e. The average Bonchev–Trinajstić information content (AvgIpc) is 3.07. The molecule has 3 aromatic rings. The number of benzene rings is 3. The van der Waals surface area contributed by atoms with E-state index in [0.29, 0.717) is 18.1 Å². The van der Waals surface area contributed by atoms with E-state index in [2.05, 4.69) is 5.32 Å². The second kappa shape index (κ2) is 9.39. The summed E-state index contributed by atoms with van der Waals surface area (Å²) in [5.41, 5.74) is 4.00. The van der Waals surface area contributed by atoms with Gasteiger partial charge in [-0.1, -0.05) is 66.2 Å². The summed E-state index contributed by atoms with van der Waals surface area (Å²) < 4.78 is 11.3. The number of imide groups is 1. The molecular formula is C26H24N2O4. The Morgan fingerprint density at radius 3 is 2.38 bits per heavy atom. The smallest absolute Gasteiger partial charge is 0.329 e. The van der Waals surface area contributed by atoms with Gasteiger partial charge in [0, 0.05) is 0 Å². The number of nitrogens with one attached hydrogen (secondary N) is 1. The van der Waals surface area contributed by atoms with Gasteiger partial charge in [-0.2, -0.15) is 0 Å². The number of hydrogen-bond donors (Lipinski definition) is 1. The lowest BCUT2D eigenvalue weighted by atomic mass is 10.1. The van der Waals surface area contributed by atoms with Crippen molar-refractivity contribution in [1.82, 2.24) is 10.2 Å². The Bertz CT molecular complexity index is 1150. The molecule has 1 aliphatic rings.